The zero-order chi connectivity index (χ0) is 21.5. The van der Waals surface area contributed by atoms with Gasteiger partial charge >= 0.3 is 0 Å². The van der Waals surface area contributed by atoms with Gasteiger partial charge in [0.1, 0.15) is 0 Å². The van der Waals surface area contributed by atoms with E-state index in [0.717, 1.165) is 31.5 Å². The van der Waals surface area contributed by atoms with Gasteiger partial charge in [-0.1, -0.05) is 29.3 Å². The van der Waals surface area contributed by atoms with E-state index in [-0.39, 0.29) is 24.1 Å². The van der Waals surface area contributed by atoms with E-state index in [4.69, 9.17) is 23.2 Å². The van der Waals surface area contributed by atoms with E-state index >= 15 is 0 Å². The van der Waals surface area contributed by atoms with Gasteiger partial charge in [0.05, 0.1) is 10.0 Å². The summed E-state index contributed by atoms with van der Waals surface area (Å²) in [6, 6.07) is 5.16. The number of nitrogens with zero attached hydrogens (tertiary/aromatic N) is 3. The topological polar surface area (TPSA) is 60.9 Å². The molecule has 0 N–H and O–H groups in total. The molecule has 0 bridgehead atoms. The van der Waals surface area contributed by atoms with Gasteiger partial charge in [-0.3, -0.25) is 14.4 Å². The summed E-state index contributed by atoms with van der Waals surface area (Å²) >= 11 is 11.9. The summed E-state index contributed by atoms with van der Waals surface area (Å²) in [6.45, 7) is 3.32. The maximum absolute atomic E-state index is 12.6. The SMILES string of the molecule is O=C(/C=C/c1ccc(Cl)c(Cl)c1)N1CCC(=O)N(CCC(=O)N2CCCCC2)CC1. The second-order valence-electron chi connectivity index (χ2n) is 7.65. The summed E-state index contributed by atoms with van der Waals surface area (Å²) < 4.78 is 0. The lowest BCUT2D eigenvalue weighted by atomic mass is 10.1. The molecule has 30 heavy (non-hydrogen) atoms. The van der Waals surface area contributed by atoms with Crippen molar-refractivity contribution in [2.45, 2.75) is 32.1 Å². The van der Waals surface area contributed by atoms with E-state index < -0.39 is 0 Å². The Labute approximate surface area is 187 Å². The van der Waals surface area contributed by atoms with Crippen LogP contribution in [0.25, 0.3) is 6.08 Å². The van der Waals surface area contributed by atoms with Crippen LogP contribution in [0.2, 0.25) is 10.0 Å². The monoisotopic (exact) mass is 451 g/mol. The summed E-state index contributed by atoms with van der Waals surface area (Å²) in [5, 5.41) is 0.895. The first-order chi connectivity index (χ1) is 14.4. The minimum Gasteiger partial charge on any atom is -0.343 e. The number of hydrogen-bond acceptors (Lipinski definition) is 3. The number of likely N-dealkylation sites (tertiary alicyclic amines) is 1. The molecule has 162 valence electrons. The highest BCUT2D eigenvalue weighted by molar-refractivity contribution is 6.42. The highest BCUT2D eigenvalue weighted by atomic mass is 35.5. The molecular weight excluding hydrogens is 425 g/mol. The van der Waals surface area contributed by atoms with Crippen molar-refractivity contribution in [2.24, 2.45) is 0 Å². The number of carbonyl (C=O) groups is 3. The molecule has 1 aromatic rings. The molecule has 2 heterocycles. The molecule has 0 saturated carbocycles. The van der Waals surface area contributed by atoms with E-state index in [2.05, 4.69) is 0 Å². The molecule has 0 unspecified atom stereocenters. The van der Waals surface area contributed by atoms with E-state index in [0.29, 0.717) is 42.6 Å². The molecule has 0 radical (unpaired) electrons. The van der Waals surface area contributed by atoms with E-state index in [9.17, 15) is 14.4 Å². The van der Waals surface area contributed by atoms with Gasteiger partial charge in [-0.25, -0.2) is 0 Å². The van der Waals surface area contributed by atoms with Crippen molar-refractivity contribution in [2.75, 3.05) is 39.3 Å². The predicted molar refractivity (Wildman–Crippen MR) is 118 cm³/mol. The van der Waals surface area contributed by atoms with Gasteiger partial charge in [-0.2, -0.15) is 0 Å². The Hall–Kier alpha value is -2.05. The van der Waals surface area contributed by atoms with Crippen molar-refractivity contribution in [3.8, 4) is 0 Å². The first-order valence-electron chi connectivity index (χ1n) is 10.4. The molecule has 0 aromatic heterocycles. The smallest absolute Gasteiger partial charge is 0.246 e. The van der Waals surface area contributed by atoms with Crippen LogP contribution >= 0.6 is 23.2 Å². The molecule has 0 atom stereocenters. The first kappa shape index (κ1) is 22.6. The number of amides is 3. The molecule has 2 fully saturated rings. The molecule has 0 spiro atoms. The van der Waals surface area contributed by atoms with Crippen LogP contribution in [-0.4, -0.2) is 71.7 Å². The number of benzene rings is 1. The van der Waals surface area contributed by atoms with Gasteiger partial charge in [0.15, 0.2) is 0 Å². The van der Waals surface area contributed by atoms with Crippen LogP contribution in [0.15, 0.2) is 24.3 Å². The molecular formula is C22H27Cl2N3O3. The van der Waals surface area contributed by atoms with E-state index in [1.807, 2.05) is 4.90 Å². The van der Waals surface area contributed by atoms with Crippen molar-refractivity contribution in [3.05, 3.63) is 39.9 Å². The Balaban J connectivity index is 1.50. The molecule has 6 nitrogen and oxygen atoms in total. The van der Waals surface area contributed by atoms with Crippen LogP contribution in [0, 0.1) is 0 Å². The van der Waals surface area contributed by atoms with E-state index in [1.165, 1.54) is 12.5 Å². The molecule has 2 saturated heterocycles. The van der Waals surface area contributed by atoms with Crippen LogP contribution < -0.4 is 0 Å². The molecule has 2 aliphatic rings. The number of hydrogen-bond donors (Lipinski definition) is 0. The molecule has 0 aliphatic carbocycles. The standard InChI is InChI=1S/C22H27Cl2N3O3/c23-18-6-4-17(16-19(18)24)5-7-20(28)26-12-9-22(30)27(15-14-26)13-8-21(29)25-10-2-1-3-11-25/h4-7,16H,1-3,8-15H2/b7-5+. The fourth-order valence-corrected chi connectivity index (χ4v) is 4.05. The highest BCUT2D eigenvalue weighted by Gasteiger charge is 2.24. The Bertz CT molecular complexity index is 822. The van der Waals surface area contributed by atoms with E-state index in [1.54, 1.807) is 34.1 Å². The van der Waals surface area contributed by atoms with Gasteiger partial charge in [0.2, 0.25) is 17.7 Å². The van der Waals surface area contributed by atoms with Gasteiger partial charge < -0.3 is 14.7 Å². The molecule has 3 amide bonds. The van der Waals surface area contributed by atoms with Crippen molar-refractivity contribution in [1.29, 1.82) is 0 Å². The first-order valence-corrected chi connectivity index (χ1v) is 11.2. The largest absolute Gasteiger partial charge is 0.343 e. The Morgan fingerprint density at radius 3 is 2.43 bits per heavy atom. The van der Waals surface area contributed by atoms with Crippen LogP contribution in [0.3, 0.4) is 0 Å². The highest BCUT2D eigenvalue weighted by Crippen LogP contribution is 2.23. The Kier molecular flexibility index (Phi) is 8.16. The normalized spacial score (nSPS) is 18.1. The fraction of sp³-hybridized carbons (Fsp3) is 0.500. The van der Waals surface area contributed by atoms with Gasteiger partial charge in [-0.15, -0.1) is 0 Å². The maximum atomic E-state index is 12.6. The Morgan fingerprint density at radius 2 is 1.70 bits per heavy atom. The number of halogens is 2. The molecule has 2 aliphatic heterocycles. The predicted octanol–water partition coefficient (Wildman–Crippen LogP) is 3.47. The van der Waals surface area contributed by atoms with Crippen LogP contribution in [0.4, 0.5) is 0 Å². The lowest BCUT2D eigenvalue weighted by Gasteiger charge is -2.28. The average Bonchev–Trinajstić information content (AvgIpc) is 2.94. The molecule has 8 heteroatoms. The summed E-state index contributed by atoms with van der Waals surface area (Å²) in [6.07, 6.45) is 7.08. The minimum absolute atomic E-state index is 0.00907. The number of carbonyl (C=O) groups excluding carboxylic acids is 3. The third-order valence-corrected chi connectivity index (χ3v) is 6.31. The van der Waals surface area contributed by atoms with Gasteiger partial charge in [-0.05, 0) is 43.0 Å². The summed E-state index contributed by atoms with van der Waals surface area (Å²) in [5.74, 6) is -0.0467. The maximum Gasteiger partial charge on any atom is 0.246 e. The zero-order valence-electron chi connectivity index (χ0n) is 17.0. The van der Waals surface area contributed by atoms with Crippen molar-refractivity contribution >= 4 is 47.0 Å². The third kappa shape index (κ3) is 6.22. The molecule has 3 rings (SSSR count). The third-order valence-electron chi connectivity index (χ3n) is 5.57. The van der Waals surface area contributed by atoms with Crippen LogP contribution in [-0.2, 0) is 14.4 Å². The van der Waals surface area contributed by atoms with Crippen molar-refractivity contribution < 1.29 is 14.4 Å². The van der Waals surface area contributed by atoms with Crippen LogP contribution in [0.5, 0.6) is 0 Å². The molecule has 1 aromatic carbocycles. The lowest BCUT2D eigenvalue weighted by Crippen LogP contribution is -2.40. The van der Waals surface area contributed by atoms with Crippen molar-refractivity contribution in [1.82, 2.24) is 14.7 Å². The summed E-state index contributed by atoms with van der Waals surface area (Å²) in [7, 11) is 0. The summed E-state index contributed by atoms with van der Waals surface area (Å²) in [4.78, 5) is 42.6. The second kappa shape index (κ2) is 10.8. The average molecular weight is 452 g/mol. The van der Waals surface area contributed by atoms with Crippen LogP contribution in [0.1, 0.15) is 37.7 Å². The lowest BCUT2D eigenvalue weighted by molar-refractivity contribution is -0.134. The van der Waals surface area contributed by atoms with Crippen molar-refractivity contribution in [3.63, 3.8) is 0 Å². The number of rotatable bonds is 5. The van der Waals surface area contributed by atoms with Gasteiger partial charge in [0.25, 0.3) is 0 Å². The Morgan fingerprint density at radius 1 is 0.933 bits per heavy atom. The fourth-order valence-electron chi connectivity index (χ4n) is 3.74. The summed E-state index contributed by atoms with van der Waals surface area (Å²) in [5.41, 5.74) is 0.779. The quantitative estimate of drug-likeness (QED) is 0.643. The second-order valence-corrected chi connectivity index (χ2v) is 8.47. The number of piperidine rings is 1. The minimum atomic E-state index is -0.153. The van der Waals surface area contributed by atoms with Gasteiger partial charge in [0, 0.05) is 58.2 Å². The zero-order valence-corrected chi connectivity index (χ0v) is 18.5.